The second-order valence-corrected chi connectivity index (χ2v) is 8.76. The minimum atomic E-state index is -0.123. The lowest BCUT2D eigenvalue weighted by Crippen LogP contribution is -2.18. The van der Waals surface area contributed by atoms with E-state index in [1.54, 1.807) is 31.8 Å². The first-order chi connectivity index (χ1) is 16.9. The molecule has 4 rings (SSSR count). The van der Waals surface area contributed by atoms with Gasteiger partial charge in [0.1, 0.15) is 12.1 Å². The van der Waals surface area contributed by atoms with Crippen molar-refractivity contribution in [3.8, 4) is 17.1 Å². The summed E-state index contributed by atoms with van der Waals surface area (Å²) in [4.78, 5) is 30.1. The molecule has 8 nitrogen and oxygen atoms in total. The number of carbonyl (C=O) groups is 1. The van der Waals surface area contributed by atoms with Crippen molar-refractivity contribution in [1.82, 2.24) is 25.3 Å². The lowest BCUT2D eigenvalue weighted by molar-refractivity contribution is 0.0964. The Balaban J connectivity index is 0.00000361. The number of carbonyl (C=O) groups excluding carboxylic acids is 1. The number of para-hydroxylation sites is 1. The first-order valence-corrected chi connectivity index (χ1v) is 11.7. The summed E-state index contributed by atoms with van der Waals surface area (Å²) in [5, 5.41) is 6.95. The number of fused-ring (bicyclic) bond motifs is 1. The van der Waals surface area contributed by atoms with Gasteiger partial charge in [-0.3, -0.25) is 9.78 Å². The van der Waals surface area contributed by atoms with E-state index in [4.69, 9.17) is 4.74 Å². The van der Waals surface area contributed by atoms with E-state index in [0.29, 0.717) is 18.0 Å². The monoisotopic (exact) mass is 504 g/mol. The standard InChI is InChI=1S/C27H30N6O2.H2S/c1-16(2)35-27-17(3)11-19(14-31-27)23-12-24(33-15-32-23)30-13-18(4)20-7-6-8-21-22(26(34)28-5)9-10-29-25(20)21;/h6-12,14-16,18H,13H2,1-5H3,(H,28,34)(H,30,32,33);1H2/t18-;/m1./s1. The van der Waals surface area contributed by atoms with Gasteiger partial charge in [0.2, 0.25) is 5.88 Å². The van der Waals surface area contributed by atoms with Crippen LogP contribution in [0.3, 0.4) is 0 Å². The van der Waals surface area contributed by atoms with Crippen molar-refractivity contribution in [2.45, 2.75) is 39.7 Å². The van der Waals surface area contributed by atoms with E-state index in [-0.39, 0.29) is 31.4 Å². The molecule has 0 saturated carbocycles. The molecule has 1 aromatic carbocycles. The van der Waals surface area contributed by atoms with E-state index >= 15 is 0 Å². The molecule has 0 radical (unpaired) electrons. The summed E-state index contributed by atoms with van der Waals surface area (Å²) in [6, 6.07) is 11.6. The molecule has 0 unspecified atom stereocenters. The molecule has 2 N–H and O–H groups in total. The summed E-state index contributed by atoms with van der Waals surface area (Å²) < 4.78 is 5.74. The fraction of sp³-hybridized carbons (Fsp3) is 0.296. The highest BCUT2D eigenvalue weighted by Crippen LogP contribution is 2.27. The summed E-state index contributed by atoms with van der Waals surface area (Å²) in [5.74, 6) is 1.36. The average molecular weight is 505 g/mol. The van der Waals surface area contributed by atoms with Crippen molar-refractivity contribution in [2.24, 2.45) is 0 Å². The maximum Gasteiger partial charge on any atom is 0.251 e. The molecular formula is C27H32N6O2S. The number of ether oxygens (including phenoxy) is 1. The van der Waals surface area contributed by atoms with Gasteiger partial charge in [-0.25, -0.2) is 15.0 Å². The van der Waals surface area contributed by atoms with Gasteiger partial charge in [-0.1, -0.05) is 25.1 Å². The number of aromatic nitrogens is 4. The Morgan fingerprint density at radius 3 is 2.58 bits per heavy atom. The molecule has 0 bridgehead atoms. The van der Waals surface area contributed by atoms with Crippen LogP contribution in [0, 0.1) is 6.92 Å². The lowest BCUT2D eigenvalue weighted by atomic mass is 9.96. The summed E-state index contributed by atoms with van der Waals surface area (Å²) in [6.45, 7) is 8.70. The van der Waals surface area contributed by atoms with E-state index < -0.39 is 0 Å². The van der Waals surface area contributed by atoms with E-state index in [2.05, 4.69) is 43.6 Å². The van der Waals surface area contributed by atoms with Crippen molar-refractivity contribution in [3.05, 3.63) is 71.8 Å². The third-order valence-electron chi connectivity index (χ3n) is 5.73. The number of hydrogen-bond donors (Lipinski definition) is 2. The number of anilines is 1. The molecule has 0 saturated heterocycles. The summed E-state index contributed by atoms with van der Waals surface area (Å²) in [7, 11) is 1.63. The van der Waals surface area contributed by atoms with Gasteiger partial charge >= 0.3 is 0 Å². The van der Waals surface area contributed by atoms with E-state index in [1.165, 1.54) is 0 Å². The van der Waals surface area contributed by atoms with Crippen LogP contribution in [0.2, 0.25) is 0 Å². The highest BCUT2D eigenvalue weighted by Gasteiger charge is 2.15. The second-order valence-electron chi connectivity index (χ2n) is 8.76. The maximum atomic E-state index is 12.3. The Kier molecular flexibility index (Phi) is 8.82. The molecule has 0 aliphatic carbocycles. The summed E-state index contributed by atoms with van der Waals surface area (Å²) in [5.41, 5.74) is 5.15. The largest absolute Gasteiger partial charge is 0.475 e. The molecule has 0 spiro atoms. The second kappa shape index (κ2) is 11.8. The molecule has 3 aromatic heterocycles. The van der Waals surface area contributed by atoms with Crippen molar-refractivity contribution < 1.29 is 9.53 Å². The van der Waals surface area contributed by atoms with Crippen LogP contribution in [0.15, 0.2) is 55.1 Å². The normalized spacial score (nSPS) is 11.6. The van der Waals surface area contributed by atoms with E-state index in [0.717, 1.165) is 39.1 Å². The Labute approximate surface area is 218 Å². The van der Waals surface area contributed by atoms with Crippen molar-refractivity contribution in [3.63, 3.8) is 0 Å². The molecule has 9 heteroatoms. The fourth-order valence-corrected chi connectivity index (χ4v) is 3.96. The first kappa shape index (κ1) is 26.9. The first-order valence-electron chi connectivity index (χ1n) is 11.7. The molecule has 36 heavy (non-hydrogen) atoms. The molecule has 1 amide bonds. The van der Waals surface area contributed by atoms with Gasteiger partial charge in [-0.15, -0.1) is 0 Å². The van der Waals surface area contributed by atoms with E-state index in [9.17, 15) is 4.79 Å². The zero-order valence-corrected chi connectivity index (χ0v) is 22.2. The number of nitrogens with one attached hydrogen (secondary N) is 2. The Morgan fingerprint density at radius 2 is 1.86 bits per heavy atom. The number of hydrogen-bond acceptors (Lipinski definition) is 7. The molecule has 0 aliphatic rings. The number of rotatable bonds is 8. The van der Waals surface area contributed by atoms with Crippen molar-refractivity contribution in [1.29, 1.82) is 0 Å². The zero-order valence-electron chi connectivity index (χ0n) is 21.2. The SMILES string of the molecule is CNC(=O)c1ccnc2c([C@H](C)CNc3cc(-c4cnc(OC(C)C)c(C)c4)ncn3)cccc12.S. The van der Waals surface area contributed by atoms with Crippen LogP contribution in [0.25, 0.3) is 22.2 Å². The van der Waals surface area contributed by atoms with Gasteiger partial charge in [0, 0.05) is 54.5 Å². The molecule has 0 aliphatic heterocycles. The Morgan fingerprint density at radius 1 is 1.06 bits per heavy atom. The van der Waals surface area contributed by atoms with Crippen LogP contribution < -0.4 is 15.4 Å². The minimum Gasteiger partial charge on any atom is -0.475 e. The highest BCUT2D eigenvalue weighted by atomic mass is 32.1. The van der Waals surface area contributed by atoms with Gasteiger partial charge in [0.15, 0.2) is 0 Å². The molecule has 3 heterocycles. The predicted molar refractivity (Wildman–Crippen MR) is 148 cm³/mol. The zero-order chi connectivity index (χ0) is 24.9. The quantitative estimate of drug-likeness (QED) is 0.353. The smallest absolute Gasteiger partial charge is 0.251 e. The molecule has 188 valence electrons. The highest BCUT2D eigenvalue weighted by molar-refractivity contribution is 7.59. The minimum absolute atomic E-state index is 0. The van der Waals surface area contributed by atoms with Crippen LogP contribution in [0.5, 0.6) is 5.88 Å². The third-order valence-corrected chi connectivity index (χ3v) is 5.73. The van der Waals surface area contributed by atoms with Crippen LogP contribution in [-0.4, -0.2) is 45.5 Å². The average Bonchev–Trinajstić information content (AvgIpc) is 2.87. The van der Waals surface area contributed by atoms with Crippen LogP contribution in [0.1, 0.15) is 48.2 Å². The van der Waals surface area contributed by atoms with Gasteiger partial charge in [-0.2, -0.15) is 13.5 Å². The number of pyridine rings is 2. The lowest BCUT2D eigenvalue weighted by Gasteiger charge is -2.16. The molecular weight excluding hydrogens is 472 g/mol. The van der Waals surface area contributed by atoms with E-state index in [1.807, 2.05) is 45.0 Å². The molecule has 0 fully saturated rings. The number of aryl methyl sites for hydroxylation is 1. The van der Waals surface area contributed by atoms with Gasteiger partial charge in [-0.05, 0) is 38.5 Å². The Bertz CT molecular complexity index is 1360. The number of nitrogens with zero attached hydrogens (tertiary/aromatic N) is 4. The predicted octanol–water partition coefficient (Wildman–Crippen LogP) is 4.87. The summed E-state index contributed by atoms with van der Waals surface area (Å²) >= 11 is 0. The third kappa shape index (κ3) is 5.91. The maximum absolute atomic E-state index is 12.3. The summed E-state index contributed by atoms with van der Waals surface area (Å²) in [6.07, 6.45) is 5.06. The topological polar surface area (TPSA) is 102 Å². The number of amides is 1. The van der Waals surface area contributed by atoms with Crippen molar-refractivity contribution >= 4 is 36.1 Å². The number of benzene rings is 1. The molecule has 4 aromatic rings. The van der Waals surface area contributed by atoms with Gasteiger partial charge < -0.3 is 15.4 Å². The van der Waals surface area contributed by atoms with Crippen LogP contribution in [0.4, 0.5) is 5.82 Å². The fourth-order valence-electron chi connectivity index (χ4n) is 3.96. The Hall–Kier alpha value is -3.72. The van der Waals surface area contributed by atoms with Gasteiger partial charge in [0.05, 0.1) is 22.9 Å². The molecule has 1 atom stereocenters. The van der Waals surface area contributed by atoms with Crippen molar-refractivity contribution in [2.75, 3.05) is 18.9 Å². The van der Waals surface area contributed by atoms with Gasteiger partial charge in [0.25, 0.3) is 5.91 Å². The van der Waals surface area contributed by atoms with Crippen LogP contribution >= 0.6 is 13.5 Å². The van der Waals surface area contributed by atoms with Crippen LogP contribution in [-0.2, 0) is 0 Å².